The van der Waals surface area contributed by atoms with Gasteiger partial charge in [-0.05, 0) is 25.5 Å². The molecule has 0 N–H and O–H groups in total. The molecular formula is C18H18ClNO. The second-order valence-electron chi connectivity index (χ2n) is 4.93. The minimum atomic E-state index is 0.531. The Balaban J connectivity index is 2.03. The van der Waals surface area contributed by atoms with Crippen LogP contribution in [0.5, 0.6) is 5.75 Å². The van der Waals surface area contributed by atoms with Gasteiger partial charge in [0.15, 0.2) is 0 Å². The molecule has 0 aliphatic carbocycles. The minimum absolute atomic E-state index is 0.531. The summed E-state index contributed by atoms with van der Waals surface area (Å²) in [5, 5.41) is 0. The maximum absolute atomic E-state index is 5.79. The van der Waals surface area contributed by atoms with Gasteiger partial charge in [0.25, 0.3) is 0 Å². The molecule has 2 rings (SSSR count). The Morgan fingerprint density at radius 3 is 2.57 bits per heavy atom. The molecule has 0 bridgehead atoms. The second kappa shape index (κ2) is 7.71. The Bertz CT molecular complexity index is 650. The van der Waals surface area contributed by atoms with E-state index in [1.165, 1.54) is 11.1 Å². The minimum Gasteiger partial charge on any atom is -0.487 e. The van der Waals surface area contributed by atoms with E-state index in [4.69, 9.17) is 16.3 Å². The van der Waals surface area contributed by atoms with E-state index in [0.717, 1.165) is 16.9 Å². The predicted octanol–water partition coefficient (Wildman–Crippen LogP) is 4.26. The molecule has 1 aromatic carbocycles. The van der Waals surface area contributed by atoms with Crippen LogP contribution in [0.2, 0.25) is 0 Å². The molecule has 108 valence electrons. The van der Waals surface area contributed by atoms with Crippen LogP contribution in [-0.4, -0.2) is 10.9 Å². The molecule has 0 fully saturated rings. The Kier molecular flexibility index (Phi) is 5.66. The Morgan fingerprint density at radius 1 is 1.10 bits per heavy atom. The van der Waals surface area contributed by atoms with Crippen molar-refractivity contribution in [3.05, 3.63) is 58.9 Å². The van der Waals surface area contributed by atoms with Crippen LogP contribution in [0.4, 0.5) is 0 Å². The summed E-state index contributed by atoms with van der Waals surface area (Å²) in [6.45, 7) is 4.71. The summed E-state index contributed by atoms with van der Waals surface area (Å²) in [6, 6.07) is 8.31. The molecule has 0 radical (unpaired) electrons. The van der Waals surface area contributed by atoms with E-state index in [1.54, 1.807) is 12.4 Å². The summed E-state index contributed by atoms with van der Waals surface area (Å²) in [6.07, 6.45) is 4.11. The smallest absolute Gasteiger partial charge is 0.139 e. The van der Waals surface area contributed by atoms with Gasteiger partial charge < -0.3 is 4.74 Å². The average molecular weight is 300 g/mol. The van der Waals surface area contributed by atoms with Crippen molar-refractivity contribution in [2.45, 2.75) is 26.9 Å². The summed E-state index contributed by atoms with van der Waals surface area (Å²) in [5.74, 6) is 7.29. The van der Waals surface area contributed by atoms with Gasteiger partial charge in [-0.1, -0.05) is 41.2 Å². The van der Waals surface area contributed by atoms with Crippen molar-refractivity contribution in [3.63, 3.8) is 0 Å². The van der Waals surface area contributed by atoms with Crippen LogP contribution in [0.15, 0.2) is 36.7 Å². The molecular weight excluding hydrogens is 282 g/mol. The molecule has 1 heterocycles. The number of hydrogen-bond acceptors (Lipinski definition) is 2. The molecule has 3 heteroatoms. The number of pyridine rings is 1. The molecule has 0 aliphatic rings. The van der Waals surface area contributed by atoms with Crippen LogP contribution in [0.25, 0.3) is 0 Å². The molecule has 1 aromatic heterocycles. The molecule has 0 amide bonds. The van der Waals surface area contributed by atoms with Crippen molar-refractivity contribution in [2.24, 2.45) is 0 Å². The molecule has 2 nitrogen and oxygen atoms in total. The van der Waals surface area contributed by atoms with Crippen LogP contribution in [-0.2, 0) is 6.61 Å². The highest BCUT2D eigenvalue weighted by Crippen LogP contribution is 2.15. The van der Waals surface area contributed by atoms with Crippen molar-refractivity contribution < 1.29 is 4.74 Å². The number of ether oxygens (including phenoxy) is 1. The number of aryl methyl sites for hydroxylation is 2. The van der Waals surface area contributed by atoms with E-state index in [1.807, 2.05) is 6.07 Å². The standard InChI is InChI=1S/C18H18ClNO/c1-14-7-15(2)9-17(8-14)13-21-18-10-16(11-20-12-18)5-3-4-6-19/h7-12H,4,6,13H2,1-2H3. The first kappa shape index (κ1) is 15.4. The van der Waals surface area contributed by atoms with Gasteiger partial charge in [-0.3, -0.25) is 4.98 Å². The number of benzene rings is 1. The Hall–Kier alpha value is -1.98. The van der Waals surface area contributed by atoms with Crippen molar-refractivity contribution in [3.8, 4) is 17.6 Å². The van der Waals surface area contributed by atoms with Gasteiger partial charge in [0.05, 0.1) is 6.20 Å². The fraction of sp³-hybridized carbons (Fsp3) is 0.278. The lowest BCUT2D eigenvalue weighted by Gasteiger charge is -2.08. The number of halogens is 1. The van der Waals surface area contributed by atoms with Crippen LogP contribution < -0.4 is 4.74 Å². The third-order valence-corrected chi connectivity index (χ3v) is 3.04. The van der Waals surface area contributed by atoms with E-state index >= 15 is 0 Å². The van der Waals surface area contributed by atoms with Gasteiger partial charge in [-0.2, -0.15) is 0 Å². The van der Waals surface area contributed by atoms with E-state index in [0.29, 0.717) is 18.9 Å². The first-order valence-corrected chi connectivity index (χ1v) is 7.40. The summed E-state index contributed by atoms with van der Waals surface area (Å²) in [7, 11) is 0. The van der Waals surface area contributed by atoms with Crippen LogP contribution in [0, 0.1) is 25.7 Å². The number of alkyl halides is 1. The average Bonchev–Trinajstić information content (AvgIpc) is 2.45. The Labute approximate surface area is 131 Å². The van der Waals surface area contributed by atoms with E-state index < -0.39 is 0 Å². The monoisotopic (exact) mass is 299 g/mol. The molecule has 2 aromatic rings. The molecule has 0 aliphatic heterocycles. The maximum Gasteiger partial charge on any atom is 0.139 e. The zero-order valence-electron chi connectivity index (χ0n) is 12.3. The lowest BCUT2D eigenvalue weighted by atomic mass is 10.1. The first-order chi connectivity index (χ1) is 10.2. The number of hydrogen-bond donors (Lipinski definition) is 0. The molecule has 21 heavy (non-hydrogen) atoms. The molecule has 0 saturated heterocycles. The van der Waals surface area contributed by atoms with Crippen LogP contribution in [0.1, 0.15) is 28.7 Å². The highest BCUT2D eigenvalue weighted by atomic mass is 35.5. The second-order valence-corrected chi connectivity index (χ2v) is 5.31. The van der Waals surface area contributed by atoms with Crippen molar-refractivity contribution >= 4 is 11.6 Å². The quantitative estimate of drug-likeness (QED) is 0.622. The lowest BCUT2D eigenvalue weighted by Crippen LogP contribution is -1.97. The number of aromatic nitrogens is 1. The summed E-state index contributed by atoms with van der Waals surface area (Å²) in [5.41, 5.74) is 4.49. The molecule has 0 spiro atoms. The molecule has 0 unspecified atom stereocenters. The van der Waals surface area contributed by atoms with Gasteiger partial charge >= 0.3 is 0 Å². The van der Waals surface area contributed by atoms with Gasteiger partial charge in [0, 0.05) is 24.1 Å². The topological polar surface area (TPSA) is 22.1 Å². The van der Waals surface area contributed by atoms with Gasteiger partial charge in [-0.15, -0.1) is 11.6 Å². The van der Waals surface area contributed by atoms with Gasteiger partial charge in [-0.25, -0.2) is 0 Å². The van der Waals surface area contributed by atoms with Crippen molar-refractivity contribution in [1.29, 1.82) is 0 Å². The number of rotatable bonds is 4. The lowest BCUT2D eigenvalue weighted by molar-refractivity contribution is 0.304. The van der Waals surface area contributed by atoms with Crippen molar-refractivity contribution in [2.75, 3.05) is 5.88 Å². The zero-order chi connectivity index (χ0) is 15.1. The Morgan fingerprint density at radius 2 is 1.86 bits per heavy atom. The van der Waals surface area contributed by atoms with E-state index in [2.05, 4.69) is 48.9 Å². The highest BCUT2D eigenvalue weighted by Gasteiger charge is 1.99. The SMILES string of the molecule is Cc1cc(C)cc(COc2cncc(C#CCCCl)c2)c1. The summed E-state index contributed by atoms with van der Waals surface area (Å²) in [4.78, 5) is 4.15. The van der Waals surface area contributed by atoms with Gasteiger partial charge in [0.1, 0.15) is 12.4 Å². The van der Waals surface area contributed by atoms with Crippen LogP contribution >= 0.6 is 11.6 Å². The normalized spacial score (nSPS) is 9.86. The molecule has 0 atom stereocenters. The van der Waals surface area contributed by atoms with Crippen LogP contribution in [0.3, 0.4) is 0 Å². The number of nitrogens with zero attached hydrogens (tertiary/aromatic N) is 1. The van der Waals surface area contributed by atoms with E-state index in [-0.39, 0.29) is 0 Å². The van der Waals surface area contributed by atoms with Gasteiger partial charge in [0.2, 0.25) is 0 Å². The fourth-order valence-electron chi connectivity index (χ4n) is 2.10. The summed E-state index contributed by atoms with van der Waals surface area (Å²) < 4.78 is 5.79. The largest absolute Gasteiger partial charge is 0.487 e. The summed E-state index contributed by atoms with van der Waals surface area (Å²) >= 11 is 5.60. The highest BCUT2D eigenvalue weighted by molar-refractivity contribution is 6.18. The fourth-order valence-corrected chi connectivity index (χ4v) is 2.19. The third kappa shape index (κ3) is 5.13. The predicted molar refractivity (Wildman–Crippen MR) is 86.7 cm³/mol. The van der Waals surface area contributed by atoms with E-state index in [9.17, 15) is 0 Å². The van der Waals surface area contributed by atoms with Crippen molar-refractivity contribution in [1.82, 2.24) is 4.98 Å². The molecule has 0 saturated carbocycles. The third-order valence-electron chi connectivity index (χ3n) is 2.85. The maximum atomic E-state index is 5.79. The zero-order valence-corrected chi connectivity index (χ0v) is 13.1. The first-order valence-electron chi connectivity index (χ1n) is 6.87.